The zero-order valence-corrected chi connectivity index (χ0v) is 7.50. The van der Waals surface area contributed by atoms with Crippen LogP contribution in [0.2, 0.25) is 6.55 Å². The van der Waals surface area contributed by atoms with Crippen molar-refractivity contribution in [3.63, 3.8) is 0 Å². The molecule has 0 unspecified atom stereocenters. The van der Waals surface area contributed by atoms with E-state index in [4.69, 9.17) is 0 Å². The Balaban J connectivity index is 3.00. The average molecular weight is 162 g/mol. The fourth-order valence-corrected chi connectivity index (χ4v) is 1.49. The molecule has 11 heavy (non-hydrogen) atoms. The van der Waals surface area contributed by atoms with E-state index in [0.29, 0.717) is 0 Å². The molecule has 0 bridgehead atoms. The van der Waals surface area contributed by atoms with Gasteiger partial charge in [0.1, 0.15) is 0 Å². The Labute approximate surface area is 68.0 Å². The van der Waals surface area contributed by atoms with Gasteiger partial charge in [-0.15, -0.1) is 0 Å². The average Bonchev–Trinajstić information content (AvgIpc) is 2.05. The Morgan fingerprint density at radius 1 is 1.36 bits per heavy atom. The van der Waals surface area contributed by atoms with Crippen molar-refractivity contribution in [2.45, 2.75) is 6.55 Å². The molecule has 0 saturated carbocycles. The van der Waals surface area contributed by atoms with Crippen LogP contribution in [-0.4, -0.2) is 8.68 Å². The van der Waals surface area contributed by atoms with Crippen molar-refractivity contribution in [3.8, 4) is 0 Å². The molecule has 1 aromatic carbocycles. The van der Waals surface area contributed by atoms with Crippen LogP contribution in [0.3, 0.4) is 0 Å². The summed E-state index contributed by atoms with van der Waals surface area (Å²) in [5.41, 5.74) is 1.07. The van der Waals surface area contributed by atoms with E-state index in [0.717, 1.165) is 10.8 Å². The lowest BCUT2D eigenvalue weighted by atomic mass is 10.2. The van der Waals surface area contributed by atoms with Crippen molar-refractivity contribution >= 4 is 19.9 Å². The lowest BCUT2D eigenvalue weighted by Gasteiger charge is -1.94. The summed E-state index contributed by atoms with van der Waals surface area (Å²) >= 11 is 0. The molecule has 0 heterocycles. The monoisotopic (exact) mass is 162 g/mol. The van der Waals surface area contributed by atoms with Gasteiger partial charge in [-0.05, 0) is 17.3 Å². The lowest BCUT2D eigenvalue weighted by molar-refractivity contribution is 0.572. The predicted octanol–water partition coefficient (Wildman–Crippen LogP) is 1.59. The van der Waals surface area contributed by atoms with Crippen LogP contribution in [0.1, 0.15) is 5.56 Å². The first kappa shape index (κ1) is 8.08. The Hall–Kier alpha value is -1.02. The molecule has 0 atom stereocenters. The van der Waals surface area contributed by atoms with Gasteiger partial charge in [-0.2, -0.15) is 0 Å². The fourth-order valence-electron chi connectivity index (χ4n) is 0.854. The summed E-state index contributed by atoms with van der Waals surface area (Å²) in [5, 5.41) is 0.931. The molecule has 0 radical (unpaired) electrons. The zero-order chi connectivity index (χ0) is 8.27. The minimum absolute atomic E-state index is 0.931. The van der Waals surface area contributed by atoms with Crippen molar-refractivity contribution in [2.24, 2.45) is 0 Å². The van der Waals surface area contributed by atoms with E-state index < -0.39 is 8.68 Å². The van der Waals surface area contributed by atoms with Crippen molar-refractivity contribution < 1.29 is 4.46 Å². The molecule has 1 rings (SSSR count). The maximum atomic E-state index is 11.0. The van der Waals surface area contributed by atoms with Gasteiger partial charge in [-0.3, -0.25) is 0 Å². The summed E-state index contributed by atoms with van der Waals surface area (Å²) in [4.78, 5) is 0. The van der Waals surface area contributed by atoms with Gasteiger partial charge in [-0.25, -0.2) is 0 Å². The van der Waals surface area contributed by atoms with Crippen LogP contribution < -0.4 is 5.19 Å². The van der Waals surface area contributed by atoms with Crippen molar-refractivity contribution in [3.05, 3.63) is 36.4 Å². The van der Waals surface area contributed by atoms with E-state index in [2.05, 4.69) is 6.58 Å². The smallest absolute Gasteiger partial charge is 0.308 e. The summed E-state index contributed by atoms with van der Waals surface area (Å²) in [7, 11) is -1.52. The molecule has 0 N–H and O–H groups in total. The minimum atomic E-state index is -1.52. The van der Waals surface area contributed by atoms with E-state index in [-0.39, 0.29) is 0 Å². The van der Waals surface area contributed by atoms with E-state index in [1.165, 1.54) is 0 Å². The third kappa shape index (κ3) is 1.95. The molecular formula is C9H10OSi. The third-order valence-corrected chi connectivity index (χ3v) is 2.70. The standard InChI is InChI=1S/C9H10OSi/c1-3-8-4-6-9(7-5-8)11(2)10/h3-7H,1H2,2H3. The predicted molar refractivity (Wildman–Crippen MR) is 48.5 cm³/mol. The largest absolute Gasteiger partial charge is 0.383 e. The van der Waals surface area contributed by atoms with Crippen molar-refractivity contribution in [2.75, 3.05) is 0 Å². The second-order valence-electron chi connectivity index (χ2n) is 2.38. The Bertz CT molecular complexity index is 274. The molecule has 0 aromatic heterocycles. The van der Waals surface area contributed by atoms with Gasteiger partial charge >= 0.3 is 8.68 Å². The molecule has 0 amide bonds. The minimum Gasteiger partial charge on any atom is -0.383 e. The highest BCUT2D eigenvalue weighted by atomic mass is 28.3. The van der Waals surface area contributed by atoms with Crippen LogP contribution in [-0.2, 0) is 4.46 Å². The molecule has 2 heteroatoms. The van der Waals surface area contributed by atoms with Crippen LogP contribution in [0.4, 0.5) is 0 Å². The molecule has 0 fully saturated rings. The summed E-state index contributed by atoms with van der Waals surface area (Å²) in [5.74, 6) is 0. The number of rotatable bonds is 2. The molecule has 1 aromatic rings. The molecule has 1 nitrogen and oxygen atoms in total. The number of benzene rings is 1. The normalized spacial score (nSPS) is 9.18. The fraction of sp³-hybridized carbons (Fsp3) is 0.111. The quantitative estimate of drug-likeness (QED) is 0.603. The Morgan fingerprint density at radius 3 is 2.27 bits per heavy atom. The first-order chi connectivity index (χ1) is 5.24. The van der Waals surface area contributed by atoms with Gasteiger partial charge in [0, 0.05) is 0 Å². The molecule has 0 aliphatic heterocycles. The molecule has 56 valence electrons. The number of hydrogen-bond donors (Lipinski definition) is 0. The molecule has 0 saturated heterocycles. The zero-order valence-electron chi connectivity index (χ0n) is 6.50. The van der Waals surface area contributed by atoms with Gasteiger partial charge in [0.25, 0.3) is 0 Å². The highest BCUT2D eigenvalue weighted by molar-refractivity contribution is 6.58. The van der Waals surface area contributed by atoms with Crippen LogP contribution >= 0.6 is 0 Å². The van der Waals surface area contributed by atoms with Crippen molar-refractivity contribution in [1.82, 2.24) is 0 Å². The van der Waals surface area contributed by atoms with E-state index >= 15 is 0 Å². The van der Waals surface area contributed by atoms with E-state index in [1.54, 1.807) is 12.6 Å². The third-order valence-electron chi connectivity index (χ3n) is 1.55. The molecule has 0 aliphatic carbocycles. The summed E-state index contributed by atoms with van der Waals surface area (Å²) in [6, 6.07) is 7.62. The van der Waals surface area contributed by atoms with Crippen LogP contribution in [0.15, 0.2) is 30.8 Å². The van der Waals surface area contributed by atoms with Gasteiger partial charge in [0.2, 0.25) is 0 Å². The highest BCUT2D eigenvalue weighted by Gasteiger charge is 1.98. The number of hydrogen-bond acceptors (Lipinski definition) is 1. The van der Waals surface area contributed by atoms with Crippen LogP contribution in [0, 0.1) is 0 Å². The maximum absolute atomic E-state index is 11.0. The first-order valence-electron chi connectivity index (χ1n) is 3.47. The van der Waals surface area contributed by atoms with Gasteiger partial charge < -0.3 is 4.46 Å². The van der Waals surface area contributed by atoms with Gasteiger partial charge in [0.15, 0.2) is 0 Å². The second-order valence-corrected chi connectivity index (χ2v) is 4.07. The van der Waals surface area contributed by atoms with E-state index in [1.807, 2.05) is 24.3 Å². The molecular weight excluding hydrogens is 152 g/mol. The van der Waals surface area contributed by atoms with Crippen LogP contribution in [0.5, 0.6) is 0 Å². The molecule has 0 spiro atoms. The second kappa shape index (κ2) is 3.39. The van der Waals surface area contributed by atoms with Crippen LogP contribution in [0.25, 0.3) is 6.08 Å². The van der Waals surface area contributed by atoms with Gasteiger partial charge in [-0.1, -0.05) is 36.9 Å². The van der Waals surface area contributed by atoms with E-state index in [9.17, 15) is 4.46 Å². The lowest BCUT2D eigenvalue weighted by Crippen LogP contribution is -2.15. The summed E-state index contributed by atoms with van der Waals surface area (Å²) in [6.07, 6.45) is 1.77. The highest BCUT2D eigenvalue weighted by Crippen LogP contribution is 1.97. The molecule has 0 aliphatic rings. The van der Waals surface area contributed by atoms with Crippen molar-refractivity contribution in [1.29, 1.82) is 0 Å². The Morgan fingerprint density at radius 2 is 1.91 bits per heavy atom. The summed E-state index contributed by atoms with van der Waals surface area (Å²) in [6.45, 7) is 5.38. The maximum Gasteiger partial charge on any atom is 0.308 e. The van der Waals surface area contributed by atoms with Gasteiger partial charge in [0.05, 0.1) is 0 Å². The first-order valence-corrected chi connectivity index (χ1v) is 5.38. The summed E-state index contributed by atoms with van der Waals surface area (Å²) < 4.78 is 11.0. The SMILES string of the molecule is C=Cc1ccc([Si](C)=O)cc1. The topological polar surface area (TPSA) is 17.1 Å². The Kier molecular flexibility index (Phi) is 2.49.